The summed E-state index contributed by atoms with van der Waals surface area (Å²) in [7, 11) is 4.35. The average Bonchev–Trinajstić information content (AvgIpc) is 2.39. The first-order valence-electron chi connectivity index (χ1n) is 8.66. The van der Waals surface area contributed by atoms with Crippen molar-refractivity contribution in [2.75, 3.05) is 27.2 Å². The van der Waals surface area contributed by atoms with Crippen LogP contribution in [0.15, 0.2) is 0 Å². The zero-order chi connectivity index (χ0) is 15.3. The molecule has 0 aliphatic heterocycles. The van der Waals surface area contributed by atoms with Crippen LogP contribution >= 0.6 is 0 Å². The predicted molar refractivity (Wildman–Crippen MR) is 86.5 cm³/mol. The Morgan fingerprint density at radius 3 is 1.57 bits per heavy atom. The Bertz CT molecular complexity index is 211. The summed E-state index contributed by atoms with van der Waals surface area (Å²) in [5, 5.41) is 17.8. The molecule has 0 bridgehead atoms. The zero-order valence-corrected chi connectivity index (χ0v) is 15.2. The molecule has 4 heteroatoms. The van der Waals surface area contributed by atoms with E-state index in [1.165, 1.54) is 64.2 Å². The van der Waals surface area contributed by atoms with Crippen molar-refractivity contribution < 1.29 is 27.1 Å². The lowest BCUT2D eigenvalue weighted by Gasteiger charge is -2.30. The van der Waals surface area contributed by atoms with E-state index in [4.69, 9.17) is 10.2 Å². The summed E-state index contributed by atoms with van der Waals surface area (Å²) in [4.78, 5) is 0. The van der Waals surface area contributed by atoms with Crippen LogP contribution in [-0.4, -0.2) is 48.2 Å². The molecule has 0 radical (unpaired) electrons. The van der Waals surface area contributed by atoms with E-state index in [1.807, 2.05) is 0 Å². The van der Waals surface area contributed by atoms with Crippen molar-refractivity contribution >= 4 is 0 Å². The molecule has 0 aromatic rings. The first-order valence-corrected chi connectivity index (χ1v) is 8.66. The lowest BCUT2D eigenvalue weighted by molar-refractivity contribution is -0.891. The smallest absolute Gasteiger partial charge is 0.156 e. The number of rotatable bonds is 14. The van der Waals surface area contributed by atoms with Crippen LogP contribution in [-0.2, 0) is 0 Å². The Balaban J connectivity index is 0. The summed E-state index contributed by atoms with van der Waals surface area (Å²) in [6.07, 6.45) is 13.0. The van der Waals surface area contributed by atoms with Crippen LogP contribution in [0.3, 0.4) is 0 Å². The first-order chi connectivity index (χ1) is 9.48. The molecule has 0 unspecified atom stereocenters. The standard InChI is InChI=1S/C17H38NO2.ClH/c1-4-5-6-7-8-9-10-11-12-13-15-18(2,3)16-14-17(19)20;/h17,19-20H,4-16H2,1-3H3;1H/q+1;/p-1. The zero-order valence-electron chi connectivity index (χ0n) is 14.5. The van der Waals surface area contributed by atoms with Gasteiger partial charge in [0.1, 0.15) is 0 Å². The van der Waals surface area contributed by atoms with Crippen LogP contribution in [0.4, 0.5) is 0 Å². The summed E-state index contributed by atoms with van der Waals surface area (Å²) in [6.45, 7) is 4.25. The molecule has 0 aromatic heterocycles. The highest BCUT2D eigenvalue weighted by molar-refractivity contribution is 4.48. The van der Waals surface area contributed by atoms with Crippen molar-refractivity contribution in [1.82, 2.24) is 0 Å². The van der Waals surface area contributed by atoms with Gasteiger partial charge in [-0.3, -0.25) is 0 Å². The maximum atomic E-state index is 8.91. The first kappa shape index (κ1) is 23.4. The summed E-state index contributed by atoms with van der Waals surface area (Å²) in [5.41, 5.74) is 0. The second kappa shape index (κ2) is 15.1. The average molecular weight is 324 g/mol. The lowest BCUT2D eigenvalue weighted by Crippen LogP contribution is -3.00. The Hall–Kier alpha value is 0.170. The molecule has 0 atom stereocenters. The van der Waals surface area contributed by atoms with Gasteiger partial charge >= 0.3 is 0 Å². The molecule has 0 aliphatic carbocycles. The van der Waals surface area contributed by atoms with E-state index < -0.39 is 6.29 Å². The molecular formula is C17H38ClNO2. The van der Waals surface area contributed by atoms with Crippen LogP contribution < -0.4 is 12.4 Å². The molecule has 0 aliphatic rings. The normalized spacial score (nSPS) is 11.7. The molecule has 0 heterocycles. The SMILES string of the molecule is CCCCCCCCCCCC[N+](C)(C)CCC(O)O.[Cl-]. The third kappa shape index (κ3) is 18.1. The van der Waals surface area contributed by atoms with Gasteiger partial charge in [0, 0.05) is 6.42 Å². The lowest BCUT2D eigenvalue weighted by atomic mass is 10.1. The van der Waals surface area contributed by atoms with Crippen LogP contribution in [0, 0.1) is 0 Å². The highest BCUT2D eigenvalue weighted by atomic mass is 35.5. The van der Waals surface area contributed by atoms with Crippen molar-refractivity contribution in [2.24, 2.45) is 0 Å². The minimum atomic E-state index is -1.15. The summed E-state index contributed by atoms with van der Waals surface area (Å²) in [6, 6.07) is 0. The van der Waals surface area contributed by atoms with E-state index >= 15 is 0 Å². The van der Waals surface area contributed by atoms with E-state index in [9.17, 15) is 0 Å². The topological polar surface area (TPSA) is 40.5 Å². The molecule has 0 rings (SSSR count). The molecule has 3 nitrogen and oxygen atoms in total. The molecule has 0 saturated heterocycles. The Morgan fingerprint density at radius 2 is 1.14 bits per heavy atom. The number of aliphatic hydroxyl groups is 2. The van der Waals surface area contributed by atoms with Crippen molar-refractivity contribution in [1.29, 1.82) is 0 Å². The highest BCUT2D eigenvalue weighted by Gasteiger charge is 2.15. The fraction of sp³-hybridized carbons (Fsp3) is 1.00. The number of aliphatic hydroxyl groups excluding tert-OH is 1. The summed E-state index contributed by atoms with van der Waals surface area (Å²) < 4.78 is 0.897. The molecule has 0 spiro atoms. The minimum absolute atomic E-state index is 0. The Labute approximate surface area is 138 Å². The molecule has 130 valence electrons. The molecular weight excluding hydrogens is 286 g/mol. The molecule has 2 N–H and O–H groups in total. The number of hydrogen-bond donors (Lipinski definition) is 2. The van der Waals surface area contributed by atoms with E-state index in [2.05, 4.69) is 21.0 Å². The fourth-order valence-electron chi connectivity index (χ4n) is 2.60. The number of hydrogen-bond acceptors (Lipinski definition) is 2. The Kier molecular flexibility index (Phi) is 16.8. The second-order valence-corrected chi connectivity index (χ2v) is 6.83. The summed E-state index contributed by atoms with van der Waals surface area (Å²) >= 11 is 0. The number of nitrogens with zero attached hydrogens (tertiary/aromatic N) is 1. The van der Waals surface area contributed by atoms with Crippen molar-refractivity contribution in [3.63, 3.8) is 0 Å². The van der Waals surface area contributed by atoms with Gasteiger partial charge in [0.15, 0.2) is 6.29 Å². The van der Waals surface area contributed by atoms with Gasteiger partial charge in [-0.25, -0.2) is 0 Å². The van der Waals surface area contributed by atoms with E-state index in [-0.39, 0.29) is 12.4 Å². The third-order valence-corrected chi connectivity index (χ3v) is 4.11. The van der Waals surface area contributed by atoms with E-state index in [0.717, 1.165) is 17.6 Å². The van der Waals surface area contributed by atoms with Gasteiger partial charge in [0.25, 0.3) is 0 Å². The number of halogens is 1. The number of unbranched alkanes of at least 4 members (excludes halogenated alkanes) is 9. The van der Waals surface area contributed by atoms with Crippen molar-refractivity contribution in [3.8, 4) is 0 Å². The minimum Gasteiger partial charge on any atom is -1.00 e. The van der Waals surface area contributed by atoms with Gasteiger partial charge in [-0.2, -0.15) is 0 Å². The highest BCUT2D eigenvalue weighted by Crippen LogP contribution is 2.12. The maximum absolute atomic E-state index is 8.91. The van der Waals surface area contributed by atoms with Crippen molar-refractivity contribution in [3.05, 3.63) is 0 Å². The quantitative estimate of drug-likeness (QED) is 0.280. The third-order valence-electron chi connectivity index (χ3n) is 4.11. The molecule has 0 fully saturated rings. The monoisotopic (exact) mass is 323 g/mol. The van der Waals surface area contributed by atoms with Gasteiger partial charge in [0.05, 0.1) is 27.2 Å². The Morgan fingerprint density at radius 1 is 0.714 bits per heavy atom. The fourth-order valence-corrected chi connectivity index (χ4v) is 2.60. The van der Waals surface area contributed by atoms with Crippen molar-refractivity contribution in [2.45, 2.75) is 83.8 Å². The van der Waals surface area contributed by atoms with Gasteiger partial charge in [-0.05, 0) is 12.8 Å². The van der Waals surface area contributed by atoms with E-state index in [1.54, 1.807) is 0 Å². The van der Waals surface area contributed by atoms with Gasteiger partial charge in [-0.1, -0.05) is 58.3 Å². The van der Waals surface area contributed by atoms with Crippen LogP contribution in [0.1, 0.15) is 77.6 Å². The number of quaternary nitrogens is 1. The maximum Gasteiger partial charge on any atom is 0.156 e. The molecule has 0 saturated carbocycles. The largest absolute Gasteiger partial charge is 1.00 e. The van der Waals surface area contributed by atoms with Gasteiger partial charge < -0.3 is 27.1 Å². The van der Waals surface area contributed by atoms with Crippen LogP contribution in [0.2, 0.25) is 0 Å². The van der Waals surface area contributed by atoms with Gasteiger partial charge in [-0.15, -0.1) is 0 Å². The second-order valence-electron chi connectivity index (χ2n) is 6.83. The van der Waals surface area contributed by atoms with Crippen LogP contribution in [0.5, 0.6) is 0 Å². The van der Waals surface area contributed by atoms with E-state index in [0.29, 0.717) is 6.42 Å². The molecule has 0 aromatic carbocycles. The summed E-state index contributed by atoms with van der Waals surface area (Å²) in [5.74, 6) is 0. The van der Waals surface area contributed by atoms with Crippen LogP contribution in [0.25, 0.3) is 0 Å². The van der Waals surface area contributed by atoms with Gasteiger partial charge in [0.2, 0.25) is 0 Å². The molecule has 0 amide bonds. The predicted octanol–water partition coefficient (Wildman–Crippen LogP) is 0.689. The molecule has 21 heavy (non-hydrogen) atoms.